The van der Waals surface area contributed by atoms with Crippen molar-refractivity contribution in [2.24, 2.45) is 11.8 Å². The molecule has 0 aromatic rings. The summed E-state index contributed by atoms with van der Waals surface area (Å²) in [7, 11) is 1.74. The fourth-order valence-electron chi connectivity index (χ4n) is 2.20. The predicted octanol–water partition coefficient (Wildman–Crippen LogP) is 1.00. The van der Waals surface area contributed by atoms with Crippen molar-refractivity contribution in [1.82, 2.24) is 0 Å². The van der Waals surface area contributed by atoms with E-state index < -0.39 is 0 Å². The number of fused-ring (bicyclic) bond motifs is 1. The van der Waals surface area contributed by atoms with E-state index in [1.807, 2.05) is 0 Å². The molecule has 0 aromatic carbocycles. The zero-order chi connectivity index (χ0) is 7.14. The van der Waals surface area contributed by atoms with Crippen LogP contribution in [0, 0.1) is 11.8 Å². The number of ketones is 1. The van der Waals surface area contributed by atoms with Gasteiger partial charge in [-0.05, 0) is 18.3 Å². The molecule has 2 saturated carbocycles. The second kappa shape index (κ2) is 2.06. The van der Waals surface area contributed by atoms with Gasteiger partial charge in [0.2, 0.25) is 0 Å². The highest BCUT2D eigenvalue weighted by Crippen LogP contribution is 2.46. The van der Waals surface area contributed by atoms with Crippen LogP contribution in [0.25, 0.3) is 0 Å². The number of methoxy groups -OCH3 is 1. The van der Waals surface area contributed by atoms with Crippen molar-refractivity contribution in [3.05, 3.63) is 0 Å². The Kier molecular flexibility index (Phi) is 1.31. The fourth-order valence-corrected chi connectivity index (χ4v) is 2.20. The number of hydrogen-bond donors (Lipinski definition) is 0. The molecule has 2 fully saturated rings. The van der Waals surface area contributed by atoms with Gasteiger partial charge in [-0.25, -0.2) is 0 Å². The first kappa shape index (κ1) is 6.35. The van der Waals surface area contributed by atoms with Crippen molar-refractivity contribution in [2.45, 2.75) is 25.4 Å². The van der Waals surface area contributed by atoms with Crippen LogP contribution in [0.2, 0.25) is 0 Å². The van der Waals surface area contributed by atoms with Crippen molar-refractivity contribution in [3.63, 3.8) is 0 Å². The van der Waals surface area contributed by atoms with Crippen LogP contribution in [-0.2, 0) is 9.53 Å². The second-order valence-electron chi connectivity index (χ2n) is 3.38. The molecule has 0 heterocycles. The van der Waals surface area contributed by atoms with Crippen molar-refractivity contribution >= 4 is 5.78 Å². The van der Waals surface area contributed by atoms with Gasteiger partial charge in [-0.2, -0.15) is 0 Å². The molecule has 0 aliphatic heterocycles. The molecule has 0 N–H and O–H groups in total. The molecule has 2 nitrogen and oxygen atoms in total. The van der Waals surface area contributed by atoms with E-state index in [1.165, 1.54) is 0 Å². The smallest absolute Gasteiger partial charge is 0.133 e. The quantitative estimate of drug-likeness (QED) is 0.543. The van der Waals surface area contributed by atoms with E-state index in [0.29, 0.717) is 23.7 Å². The van der Waals surface area contributed by atoms with Crippen LogP contribution in [0.4, 0.5) is 0 Å². The van der Waals surface area contributed by atoms with Gasteiger partial charge in [0.1, 0.15) is 5.78 Å². The summed E-state index contributed by atoms with van der Waals surface area (Å²) >= 11 is 0. The van der Waals surface area contributed by atoms with Gasteiger partial charge in [0, 0.05) is 20.0 Å². The molecule has 0 aromatic heterocycles. The summed E-state index contributed by atoms with van der Waals surface area (Å²) in [6, 6.07) is 0. The Morgan fingerprint density at radius 1 is 1.50 bits per heavy atom. The number of carbonyl (C=O) groups excluding carboxylic acids is 1. The monoisotopic (exact) mass is 140 g/mol. The molecule has 10 heavy (non-hydrogen) atoms. The lowest BCUT2D eigenvalue weighted by molar-refractivity contribution is -0.117. The maximum Gasteiger partial charge on any atom is 0.133 e. The summed E-state index contributed by atoms with van der Waals surface area (Å²) in [6.45, 7) is 0. The van der Waals surface area contributed by atoms with E-state index >= 15 is 0 Å². The average molecular weight is 140 g/mol. The first-order valence-corrected chi connectivity index (χ1v) is 3.85. The summed E-state index contributed by atoms with van der Waals surface area (Å²) in [5.41, 5.74) is 0. The Balaban J connectivity index is 1.99. The zero-order valence-corrected chi connectivity index (χ0v) is 6.17. The second-order valence-corrected chi connectivity index (χ2v) is 3.38. The molecule has 0 radical (unpaired) electrons. The Hall–Kier alpha value is -0.370. The number of rotatable bonds is 1. The molecule has 0 saturated heterocycles. The van der Waals surface area contributed by atoms with Crippen LogP contribution >= 0.6 is 0 Å². The summed E-state index contributed by atoms with van der Waals surface area (Å²) in [5.74, 6) is 1.70. The van der Waals surface area contributed by atoms with Gasteiger partial charge in [-0.15, -0.1) is 0 Å². The highest BCUT2D eigenvalue weighted by Gasteiger charge is 2.47. The van der Waals surface area contributed by atoms with Crippen LogP contribution in [0.3, 0.4) is 0 Å². The molecule has 0 amide bonds. The lowest BCUT2D eigenvalue weighted by atomic mass is 9.73. The lowest BCUT2D eigenvalue weighted by Gasteiger charge is -2.38. The topological polar surface area (TPSA) is 26.3 Å². The highest BCUT2D eigenvalue weighted by atomic mass is 16.5. The maximum absolute atomic E-state index is 10.9. The summed E-state index contributed by atoms with van der Waals surface area (Å²) < 4.78 is 5.20. The standard InChI is InChI=1S/C8H12O2/c1-10-8-3-5-2-6(9)4-7(5)8/h5,7-8H,2-4H2,1H3/t5?,7?,8-/m0/s1. The fraction of sp³-hybridized carbons (Fsp3) is 0.875. The van der Waals surface area contributed by atoms with Crippen molar-refractivity contribution in [3.8, 4) is 0 Å². The lowest BCUT2D eigenvalue weighted by Crippen LogP contribution is -2.38. The van der Waals surface area contributed by atoms with Gasteiger partial charge in [0.15, 0.2) is 0 Å². The third kappa shape index (κ3) is 0.717. The Labute approximate surface area is 60.6 Å². The molecule has 0 bridgehead atoms. The number of carbonyl (C=O) groups is 1. The van der Waals surface area contributed by atoms with E-state index in [2.05, 4.69) is 0 Å². The van der Waals surface area contributed by atoms with Crippen LogP contribution < -0.4 is 0 Å². The minimum absolute atomic E-state index is 0.399. The molecule has 0 spiro atoms. The molecule has 2 heteroatoms. The molecular formula is C8H12O2. The molecule has 2 aliphatic carbocycles. The minimum atomic E-state index is 0.399. The van der Waals surface area contributed by atoms with Crippen LogP contribution in [-0.4, -0.2) is 19.0 Å². The van der Waals surface area contributed by atoms with Gasteiger partial charge in [-0.3, -0.25) is 4.79 Å². The Morgan fingerprint density at radius 2 is 2.30 bits per heavy atom. The van der Waals surface area contributed by atoms with E-state index in [1.54, 1.807) is 7.11 Å². The van der Waals surface area contributed by atoms with Gasteiger partial charge >= 0.3 is 0 Å². The Morgan fingerprint density at radius 3 is 2.90 bits per heavy atom. The maximum atomic E-state index is 10.9. The van der Waals surface area contributed by atoms with Crippen molar-refractivity contribution in [1.29, 1.82) is 0 Å². The molecule has 3 atom stereocenters. The molecule has 2 aliphatic rings. The molecule has 56 valence electrons. The largest absolute Gasteiger partial charge is 0.381 e. The predicted molar refractivity (Wildman–Crippen MR) is 36.6 cm³/mol. The summed E-state index contributed by atoms with van der Waals surface area (Å²) in [5, 5.41) is 0. The summed E-state index contributed by atoms with van der Waals surface area (Å²) in [4.78, 5) is 10.9. The van der Waals surface area contributed by atoms with Gasteiger partial charge in [0.25, 0.3) is 0 Å². The third-order valence-electron chi connectivity index (χ3n) is 2.87. The highest BCUT2D eigenvalue weighted by molar-refractivity contribution is 5.81. The van der Waals surface area contributed by atoms with Gasteiger partial charge < -0.3 is 4.74 Å². The van der Waals surface area contributed by atoms with Gasteiger partial charge in [-0.1, -0.05) is 0 Å². The third-order valence-corrected chi connectivity index (χ3v) is 2.87. The van der Waals surface area contributed by atoms with Crippen LogP contribution in [0.15, 0.2) is 0 Å². The molecule has 2 rings (SSSR count). The Bertz CT molecular complexity index is 165. The van der Waals surface area contributed by atoms with Gasteiger partial charge in [0.05, 0.1) is 6.10 Å². The molecular weight excluding hydrogens is 128 g/mol. The normalized spacial score (nSPS) is 44.9. The SMILES string of the molecule is CO[C@H]1CC2CC(=O)CC21. The van der Waals surface area contributed by atoms with Crippen molar-refractivity contribution < 1.29 is 9.53 Å². The van der Waals surface area contributed by atoms with E-state index in [9.17, 15) is 4.79 Å². The minimum Gasteiger partial charge on any atom is -0.381 e. The van der Waals surface area contributed by atoms with Crippen LogP contribution in [0.5, 0.6) is 0 Å². The first-order chi connectivity index (χ1) is 4.81. The number of Topliss-reactive ketones (excluding diaryl/α,β-unsaturated/α-hetero) is 1. The molecule has 2 unspecified atom stereocenters. The summed E-state index contributed by atoms with van der Waals surface area (Å²) in [6.07, 6.45) is 3.12. The van der Waals surface area contributed by atoms with E-state index in [-0.39, 0.29) is 0 Å². The average Bonchev–Trinajstić information content (AvgIpc) is 2.15. The number of hydrogen-bond acceptors (Lipinski definition) is 2. The van der Waals surface area contributed by atoms with E-state index in [0.717, 1.165) is 19.3 Å². The number of ether oxygens (including phenoxy) is 1. The van der Waals surface area contributed by atoms with E-state index in [4.69, 9.17) is 4.74 Å². The zero-order valence-electron chi connectivity index (χ0n) is 6.17. The van der Waals surface area contributed by atoms with Crippen LogP contribution in [0.1, 0.15) is 19.3 Å². The van der Waals surface area contributed by atoms with Crippen molar-refractivity contribution in [2.75, 3.05) is 7.11 Å². The first-order valence-electron chi connectivity index (χ1n) is 3.85.